The quantitative estimate of drug-likeness (QED) is 0.780. The van der Waals surface area contributed by atoms with E-state index in [2.05, 4.69) is 5.32 Å². The van der Waals surface area contributed by atoms with Crippen LogP contribution in [0.15, 0.2) is 0 Å². The highest BCUT2D eigenvalue weighted by molar-refractivity contribution is 5.85. The first-order valence-corrected chi connectivity index (χ1v) is 3.93. The lowest BCUT2D eigenvalue weighted by Gasteiger charge is -2.33. The Morgan fingerprint density at radius 1 is 1.46 bits per heavy atom. The largest absolute Gasteiger partial charge is 0.314 e. The highest BCUT2D eigenvalue weighted by Gasteiger charge is 2.20. The second-order valence-corrected chi connectivity index (χ2v) is 2.94. The fourth-order valence-corrected chi connectivity index (χ4v) is 1.33. The van der Waals surface area contributed by atoms with E-state index in [0.29, 0.717) is 0 Å². The van der Waals surface area contributed by atoms with Crippen LogP contribution in [0.5, 0.6) is 0 Å². The maximum atomic E-state index is 11.9. The minimum atomic E-state index is -2.20. The molecule has 1 atom stereocenters. The zero-order valence-electron chi connectivity index (χ0n) is 7.50. The summed E-state index contributed by atoms with van der Waals surface area (Å²) in [5.74, 6) is 0. The smallest absolute Gasteiger partial charge is 0.251 e. The molecular formula is C7H16Cl2F2N2. The standard InChI is InChI=1S/C7H14F2N2.2ClH/c1-6-4-10-2-3-11(6)5-7(8)9;;/h6-7,10H,2-5H2,1H3;2*1H/t6-;;/m1../s1. The molecule has 1 fully saturated rings. The van der Waals surface area contributed by atoms with Gasteiger partial charge in [0.15, 0.2) is 0 Å². The van der Waals surface area contributed by atoms with Gasteiger partial charge in [-0.25, -0.2) is 8.78 Å². The molecule has 0 radical (unpaired) electrons. The lowest BCUT2D eigenvalue weighted by Crippen LogP contribution is -2.51. The van der Waals surface area contributed by atoms with Gasteiger partial charge in [-0.2, -0.15) is 0 Å². The molecule has 0 aromatic carbocycles. The lowest BCUT2D eigenvalue weighted by atomic mass is 10.2. The third kappa shape index (κ3) is 5.62. The molecule has 82 valence electrons. The monoisotopic (exact) mass is 236 g/mol. The van der Waals surface area contributed by atoms with Crippen molar-refractivity contribution in [2.75, 3.05) is 26.2 Å². The summed E-state index contributed by atoms with van der Waals surface area (Å²) in [7, 11) is 0. The van der Waals surface area contributed by atoms with E-state index in [9.17, 15) is 8.78 Å². The first-order valence-electron chi connectivity index (χ1n) is 3.93. The number of piperazine rings is 1. The summed E-state index contributed by atoms with van der Waals surface area (Å²) >= 11 is 0. The molecule has 6 heteroatoms. The van der Waals surface area contributed by atoms with Crippen molar-refractivity contribution >= 4 is 24.8 Å². The van der Waals surface area contributed by atoms with Gasteiger partial charge in [-0.1, -0.05) is 0 Å². The Morgan fingerprint density at radius 3 is 2.54 bits per heavy atom. The van der Waals surface area contributed by atoms with Crippen molar-refractivity contribution in [3.05, 3.63) is 0 Å². The number of rotatable bonds is 2. The SMILES string of the molecule is C[C@@H]1CNCCN1CC(F)F.Cl.Cl. The third-order valence-corrected chi connectivity index (χ3v) is 2.01. The minimum absolute atomic E-state index is 0. The van der Waals surface area contributed by atoms with E-state index in [1.165, 1.54) is 0 Å². The molecule has 1 heterocycles. The Hall–Kier alpha value is 0.360. The molecule has 1 aliphatic heterocycles. The molecule has 0 saturated carbocycles. The van der Waals surface area contributed by atoms with Gasteiger partial charge in [0.25, 0.3) is 6.43 Å². The van der Waals surface area contributed by atoms with Crippen molar-refractivity contribution in [1.29, 1.82) is 0 Å². The summed E-state index contributed by atoms with van der Waals surface area (Å²) in [6.45, 7) is 4.28. The Kier molecular flexibility index (Phi) is 9.41. The van der Waals surface area contributed by atoms with Crippen molar-refractivity contribution in [3.63, 3.8) is 0 Å². The van der Waals surface area contributed by atoms with E-state index in [-0.39, 0.29) is 37.4 Å². The first-order chi connectivity index (χ1) is 5.20. The molecule has 0 bridgehead atoms. The zero-order chi connectivity index (χ0) is 8.27. The molecule has 1 saturated heterocycles. The van der Waals surface area contributed by atoms with Crippen LogP contribution in [0, 0.1) is 0 Å². The van der Waals surface area contributed by atoms with Crippen LogP contribution in [0.4, 0.5) is 8.78 Å². The molecule has 0 aromatic rings. The topological polar surface area (TPSA) is 15.3 Å². The molecule has 0 amide bonds. The van der Waals surface area contributed by atoms with E-state index in [1.807, 2.05) is 11.8 Å². The van der Waals surface area contributed by atoms with Gasteiger partial charge in [0.1, 0.15) is 0 Å². The predicted molar refractivity (Wildman–Crippen MR) is 54.4 cm³/mol. The van der Waals surface area contributed by atoms with E-state index in [0.717, 1.165) is 19.6 Å². The molecule has 13 heavy (non-hydrogen) atoms. The molecule has 2 nitrogen and oxygen atoms in total. The molecule has 1 rings (SSSR count). The highest BCUT2D eigenvalue weighted by atomic mass is 35.5. The summed E-state index contributed by atoms with van der Waals surface area (Å²) in [6, 6.07) is 0.248. The average Bonchev–Trinajstić information content (AvgIpc) is 1.93. The Bertz CT molecular complexity index is 127. The van der Waals surface area contributed by atoms with E-state index in [4.69, 9.17) is 0 Å². The average molecular weight is 237 g/mol. The van der Waals surface area contributed by atoms with Crippen LogP contribution >= 0.6 is 24.8 Å². The molecular weight excluding hydrogens is 221 g/mol. The van der Waals surface area contributed by atoms with Crippen molar-refractivity contribution in [3.8, 4) is 0 Å². The molecule has 0 aliphatic carbocycles. The van der Waals surface area contributed by atoms with Crippen LogP contribution in [-0.4, -0.2) is 43.5 Å². The van der Waals surface area contributed by atoms with Gasteiger partial charge in [0, 0.05) is 25.7 Å². The number of nitrogens with one attached hydrogen (secondary N) is 1. The van der Waals surface area contributed by atoms with Gasteiger partial charge in [0.05, 0.1) is 6.54 Å². The van der Waals surface area contributed by atoms with Crippen LogP contribution < -0.4 is 5.32 Å². The maximum absolute atomic E-state index is 11.9. The fraction of sp³-hybridized carbons (Fsp3) is 1.00. The van der Waals surface area contributed by atoms with Crippen LogP contribution in [0.1, 0.15) is 6.92 Å². The minimum Gasteiger partial charge on any atom is -0.314 e. The Balaban J connectivity index is 0. The first kappa shape index (κ1) is 15.8. The van der Waals surface area contributed by atoms with Crippen LogP contribution in [-0.2, 0) is 0 Å². The van der Waals surface area contributed by atoms with Gasteiger partial charge < -0.3 is 5.32 Å². The molecule has 1 N–H and O–H groups in total. The summed E-state index contributed by atoms with van der Waals surface area (Å²) in [5.41, 5.74) is 0. The number of alkyl halides is 2. The van der Waals surface area contributed by atoms with Crippen molar-refractivity contribution in [2.45, 2.75) is 19.4 Å². The number of hydrogen-bond donors (Lipinski definition) is 1. The van der Waals surface area contributed by atoms with Crippen LogP contribution in [0.3, 0.4) is 0 Å². The van der Waals surface area contributed by atoms with E-state index in [1.54, 1.807) is 0 Å². The predicted octanol–water partition coefficient (Wildman–Crippen LogP) is 1.39. The number of nitrogens with zero attached hydrogens (tertiary/aromatic N) is 1. The third-order valence-electron chi connectivity index (χ3n) is 2.01. The van der Waals surface area contributed by atoms with Gasteiger partial charge in [-0.3, -0.25) is 4.90 Å². The second-order valence-electron chi connectivity index (χ2n) is 2.94. The highest BCUT2D eigenvalue weighted by Crippen LogP contribution is 2.05. The Morgan fingerprint density at radius 2 is 2.08 bits per heavy atom. The van der Waals surface area contributed by atoms with Crippen molar-refractivity contribution in [2.24, 2.45) is 0 Å². The second kappa shape index (κ2) is 7.74. The molecule has 0 spiro atoms. The van der Waals surface area contributed by atoms with Crippen LogP contribution in [0.2, 0.25) is 0 Å². The molecule has 0 aromatic heterocycles. The van der Waals surface area contributed by atoms with Crippen molar-refractivity contribution < 1.29 is 8.78 Å². The summed E-state index contributed by atoms with van der Waals surface area (Å²) in [4.78, 5) is 1.82. The van der Waals surface area contributed by atoms with Crippen molar-refractivity contribution in [1.82, 2.24) is 10.2 Å². The number of halogens is 4. The lowest BCUT2D eigenvalue weighted by molar-refractivity contribution is 0.0598. The number of hydrogen-bond acceptors (Lipinski definition) is 2. The van der Waals surface area contributed by atoms with E-state index < -0.39 is 6.43 Å². The maximum Gasteiger partial charge on any atom is 0.251 e. The van der Waals surface area contributed by atoms with Gasteiger partial charge >= 0.3 is 0 Å². The van der Waals surface area contributed by atoms with Gasteiger partial charge in [-0.15, -0.1) is 24.8 Å². The normalized spacial score (nSPS) is 23.5. The summed E-state index contributed by atoms with van der Waals surface area (Å²) in [6.07, 6.45) is -2.20. The molecule has 1 aliphatic rings. The molecule has 0 unspecified atom stereocenters. The summed E-state index contributed by atoms with van der Waals surface area (Å²) in [5, 5.41) is 3.15. The van der Waals surface area contributed by atoms with Gasteiger partial charge in [-0.05, 0) is 6.92 Å². The van der Waals surface area contributed by atoms with Gasteiger partial charge in [0.2, 0.25) is 0 Å². The van der Waals surface area contributed by atoms with Crippen LogP contribution in [0.25, 0.3) is 0 Å². The fourth-order valence-electron chi connectivity index (χ4n) is 1.33. The van der Waals surface area contributed by atoms with E-state index >= 15 is 0 Å². The zero-order valence-corrected chi connectivity index (χ0v) is 9.14. The summed E-state index contributed by atoms with van der Waals surface area (Å²) < 4.78 is 23.9. The Labute approximate surface area is 89.9 Å².